The fourth-order valence-electron chi connectivity index (χ4n) is 2.95. The first kappa shape index (κ1) is 25.6. The molecule has 0 bridgehead atoms. The lowest BCUT2D eigenvalue weighted by molar-refractivity contribution is -0.137. The number of amides is 2. The van der Waals surface area contributed by atoms with Gasteiger partial charge in [-0.25, -0.2) is 0 Å². The van der Waals surface area contributed by atoms with E-state index in [1.807, 2.05) is 26.0 Å². The maximum atomic E-state index is 12.9. The predicted molar refractivity (Wildman–Crippen MR) is 124 cm³/mol. The van der Waals surface area contributed by atoms with Crippen molar-refractivity contribution >= 4 is 40.9 Å². The van der Waals surface area contributed by atoms with Crippen molar-refractivity contribution in [1.82, 2.24) is 20.1 Å². The van der Waals surface area contributed by atoms with E-state index >= 15 is 0 Å². The number of rotatable bonds is 8. The Morgan fingerprint density at radius 1 is 1.12 bits per heavy atom. The third kappa shape index (κ3) is 6.51. The van der Waals surface area contributed by atoms with Crippen molar-refractivity contribution in [2.75, 3.05) is 11.1 Å². The number of hydrogen-bond donors (Lipinski definition) is 2. The monoisotopic (exact) mass is 511 g/mol. The number of alkyl halides is 3. The molecule has 2 aromatic carbocycles. The lowest BCUT2D eigenvalue weighted by atomic mass is 10.1. The lowest BCUT2D eigenvalue weighted by Gasteiger charge is -2.12. The average Bonchev–Trinajstić information content (AvgIpc) is 3.19. The SMILES string of the molecule is CCn1c(CNC(=O)c2ccc(C)cc2)nnc1SCC(=O)Nc1cc(C(F)(F)F)ccc1Cl. The predicted octanol–water partition coefficient (Wildman–Crippen LogP) is 4.94. The van der Waals surface area contributed by atoms with Crippen molar-refractivity contribution in [3.05, 3.63) is 70.0 Å². The van der Waals surface area contributed by atoms with Crippen LogP contribution < -0.4 is 10.6 Å². The highest BCUT2D eigenvalue weighted by Gasteiger charge is 2.31. The first-order valence-electron chi connectivity index (χ1n) is 10.1. The summed E-state index contributed by atoms with van der Waals surface area (Å²) in [5, 5.41) is 13.8. The summed E-state index contributed by atoms with van der Waals surface area (Å²) in [5.41, 5.74) is 0.525. The molecule has 2 N–H and O–H groups in total. The van der Waals surface area contributed by atoms with Gasteiger partial charge < -0.3 is 15.2 Å². The molecule has 0 unspecified atom stereocenters. The number of nitrogens with one attached hydrogen (secondary N) is 2. The molecule has 0 fully saturated rings. The van der Waals surface area contributed by atoms with E-state index in [-0.39, 0.29) is 28.9 Å². The molecule has 180 valence electrons. The zero-order valence-corrected chi connectivity index (χ0v) is 19.8. The van der Waals surface area contributed by atoms with Crippen molar-refractivity contribution in [2.24, 2.45) is 0 Å². The quantitative estimate of drug-likeness (QED) is 0.418. The molecule has 0 atom stereocenters. The van der Waals surface area contributed by atoms with Gasteiger partial charge in [-0.05, 0) is 44.2 Å². The van der Waals surface area contributed by atoms with Gasteiger partial charge in [-0.1, -0.05) is 41.1 Å². The van der Waals surface area contributed by atoms with Crippen molar-refractivity contribution in [3.63, 3.8) is 0 Å². The van der Waals surface area contributed by atoms with Gasteiger partial charge in [-0.15, -0.1) is 10.2 Å². The molecule has 0 radical (unpaired) electrons. The largest absolute Gasteiger partial charge is 0.416 e. The van der Waals surface area contributed by atoms with Crippen LogP contribution in [-0.4, -0.2) is 32.3 Å². The van der Waals surface area contributed by atoms with Crippen molar-refractivity contribution < 1.29 is 22.8 Å². The Labute approximate surface area is 203 Å². The standard InChI is InChI=1S/C22H21ClF3N5O2S/c1-3-31-18(11-27-20(33)14-6-4-13(2)5-7-14)29-30-21(31)34-12-19(32)28-17-10-15(22(24,25)26)8-9-16(17)23/h4-10H,3,11-12H2,1-2H3,(H,27,33)(H,28,32). The van der Waals surface area contributed by atoms with Crippen molar-refractivity contribution in [2.45, 2.75) is 38.3 Å². The minimum atomic E-state index is -4.55. The number of halogens is 4. The molecular formula is C22H21ClF3N5O2S. The summed E-state index contributed by atoms with van der Waals surface area (Å²) in [6.07, 6.45) is -4.55. The number of hydrogen-bond acceptors (Lipinski definition) is 5. The van der Waals surface area contributed by atoms with Gasteiger partial charge in [0.15, 0.2) is 11.0 Å². The topological polar surface area (TPSA) is 88.9 Å². The summed E-state index contributed by atoms with van der Waals surface area (Å²) < 4.78 is 40.5. The van der Waals surface area contributed by atoms with Crippen LogP contribution >= 0.6 is 23.4 Å². The van der Waals surface area contributed by atoms with Gasteiger partial charge in [0.05, 0.1) is 28.6 Å². The molecule has 3 rings (SSSR count). The van der Waals surface area contributed by atoms with E-state index in [1.165, 1.54) is 0 Å². The van der Waals surface area contributed by atoms with E-state index in [9.17, 15) is 22.8 Å². The molecule has 0 saturated heterocycles. The van der Waals surface area contributed by atoms with Crippen LogP contribution in [0.25, 0.3) is 0 Å². The Kier molecular flexibility index (Phi) is 8.21. The third-order valence-corrected chi connectivity index (χ3v) is 6.03. The second-order valence-corrected chi connectivity index (χ2v) is 8.57. The smallest absolute Gasteiger partial charge is 0.345 e. The maximum absolute atomic E-state index is 12.9. The van der Waals surface area contributed by atoms with Gasteiger partial charge in [-0.2, -0.15) is 13.2 Å². The van der Waals surface area contributed by atoms with Crippen LogP contribution in [0.2, 0.25) is 5.02 Å². The Bertz CT molecular complexity index is 1180. The number of aromatic nitrogens is 3. The summed E-state index contributed by atoms with van der Waals surface area (Å²) in [4.78, 5) is 24.6. The van der Waals surface area contributed by atoms with E-state index in [2.05, 4.69) is 20.8 Å². The fraction of sp³-hybridized carbons (Fsp3) is 0.273. The summed E-state index contributed by atoms with van der Waals surface area (Å²) in [6, 6.07) is 9.85. The number of carbonyl (C=O) groups excluding carboxylic acids is 2. The van der Waals surface area contributed by atoms with Crippen LogP contribution in [0.5, 0.6) is 0 Å². The van der Waals surface area contributed by atoms with E-state index < -0.39 is 17.6 Å². The van der Waals surface area contributed by atoms with Crippen LogP contribution in [0.15, 0.2) is 47.6 Å². The van der Waals surface area contributed by atoms with Gasteiger partial charge in [0.25, 0.3) is 5.91 Å². The highest BCUT2D eigenvalue weighted by Crippen LogP contribution is 2.34. The minimum Gasteiger partial charge on any atom is -0.345 e. The molecule has 7 nitrogen and oxygen atoms in total. The van der Waals surface area contributed by atoms with Crippen molar-refractivity contribution in [3.8, 4) is 0 Å². The summed E-state index contributed by atoms with van der Waals surface area (Å²) >= 11 is 6.99. The number of benzene rings is 2. The van der Waals surface area contributed by atoms with Crippen molar-refractivity contribution in [1.29, 1.82) is 0 Å². The fourth-order valence-corrected chi connectivity index (χ4v) is 3.94. The highest BCUT2D eigenvalue weighted by atomic mass is 35.5. The van der Waals surface area contributed by atoms with E-state index in [1.54, 1.807) is 16.7 Å². The lowest BCUT2D eigenvalue weighted by Crippen LogP contribution is -2.24. The molecule has 0 saturated carbocycles. The van der Waals surface area contributed by atoms with E-state index in [4.69, 9.17) is 11.6 Å². The Morgan fingerprint density at radius 3 is 2.47 bits per heavy atom. The normalized spacial score (nSPS) is 11.4. The number of nitrogens with zero attached hydrogens (tertiary/aromatic N) is 3. The maximum Gasteiger partial charge on any atom is 0.416 e. The van der Waals surface area contributed by atoms with Crippen LogP contribution in [0.1, 0.15) is 34.2 Å². The average molecular weight is 512 g/mol. The molecule has 2 amide bonds. The Hall–Kier alpha value is -3.05. The van der Waals surface area contributed by atoms with Gasteiger partial charge in [0.2, 0.25) is 5.91 Å². The van der Waals surface area contributed by atoms with E-state index in [0.717, 1.165) is 35.5 Å². The molecule has 34 heavy (non-hydrogen) atoms. The van der Waals surface area contributed by atoms with Crippen LogP contribution in [0.4, 0.5) is 18.9 Å². The third-order valence-electron chi connectivity index (χ3n) is 4.73. The van der Waals surface area contributed by atoms with Crippen LogP contribution in [0.3, 0.4) is 0 Å². The molecule has 3 aromatic rings. The molecule has 0 aliphatic heterocycles. The zero-order valence-electron chi connectivity index (χ0n) is 18.2. The van der Waals surface area contributed by atoms with E-state index in [0.29, 0.717) is 23.1 Å². The number of aryl methyl sites for hydroxylation is 1. The zero-order chi connectivity index (χ0) is 24.9. The molecule has 1 aromatic heterocycles. The Morgan fingerprint density at radius 2 is 1.82 bits per heavy atom. The summed E-state index contributed by atoms with van der Waals surface area (Å²) in [5.74, 6) is -0.421. The Balaban J connectivity index is 1.60. The highest BCUT2D eigenvalue weighted by molar-refractivity contribution is 7.99. The van der Waals surface area contributed by atoms with Gasteiger partial charge in [-0.3, -0.25) is 9.59 Å². The minimum absolute atomic E-state index is 0.00493. The van der Waals surface area contributed by atoms with Crippen LogP contribution in [0, 0.1) is 6.92 Å². The number of carbonyl (C=O) groups is 2. The first-order chi connectivity index (χ1) is 16.1. The summed E-state index contributed by atoms with van der Waals surface area (Å²) in [6.45, 7) is 4.42. The second-order valence-electron chi connectivity index (χ2n) is 7.22. The van der Waals surface area contributed by atoms with Gasteiger partial charge >= 0.3 is 6.18 Å². The molecule has 0 aliphatic carbocycles. The molecule has 1 heterocycles. The van der Waals surface area contributed by atoms with Gasteiger partial charge in [0.1, 0.15) is 0 Å². The summed E-state index contributed by atoms with van der Waals surface area (Å²) in [7, 11) is 0. The molecule has 0 spiro atoms. The number of anilines is 1. The second kappa shape index (κ2) is 10.9. The molecule has 0 aliphatic rings. The van der Waals surface area contributed by atoms with Crippen LogP contribution in [-0.2, 0) is 24.1 Å². The number of thioether (sulfide) groups is 1. The molecule has 12 heteroatoms. The first-order valence-corrected chi connectivity index (χ1v) is 11.5. The van der Waals surface area contributed by atoms with Gasteiger partial charge in [0, 0.05) is 12.1 Å². The molecular weight excluding hydrogens is 491 g/mol.